The van der Waals surface area contributed by atoms with Gasteiger partial charge in [0.05, 0.1) is 25.3 Å². The molecule has 5 amide bonds. The maximum absolute atomic E-state index is 13.4. The molecule has 0 unspecified atom stereocenters. The van der Waals surface area contributed by atoms with Gasteiger partial charge >= 0.3 is 0 Å². The number of rotatable bonds is 7. The second-order valence-corrected chi connectivity index (χ2v) is 11.1. The van der Waals surface area contributed by atoms with Crippen LogP contribution < -0.4 is 40.8 Å². The summed E-state index contributed by atoms with van der Waals surface area (Å²) < 4.78 is 16.7. The van der Waals surface area contributed by atoms with Crippen LogP contribution in [0.15, 0.2) is 48.5 Å². The lowest BCUT2D eigenvalue weighted by atomic mass is 10.0. The minimum absolute atomic E-state index is 0.0410. The van der Waals surface area contributed by atoms with E-state index in [1.165, 1.54) is 6.92 Å². The van der Waals surface area contributed by atoms with Crippen LogP contribution in [0.25, 0.3) is 0 Å². The van der Waals surface area contributed by atoms with Crippen LogP contribution in [0, 0.1) is 5.92 Å². The standard InChI is InChI=1S/C32H43N5O8/c1-19(2)28-32(42)34-20(3)18-45-26-9-7-6-8-24(26)30(40)36-25(14-15-27(38)35-21(4)29(39)37-28)31(41)33-16-17-44-23-12-10-22(43-5)11-13-23/h6-13,19-21,25,28H,14-18H2,1-5H3,(H,33,41)(H,34,42)(H,35,38)(H,36,40)(H,37,39)/t20-,21-,25-,28+/m0/s1. The van der Waals surface area contributed by atoms with Gasteiger partial charge in [0.2, 0.25) is 23.6 Å². The molecule has 0 spiro atoms. The molecule has 0 aliphatic carbocycles. The average molecular weight is 626 g/mol. The summed E-state index contributed by atoms with van der Waals surface area (Å²) in [5.41, 5.74) is 0.183. The molecule has 1 aliphatic heterocycles. The third kappa shape index (κ3) is 10.7. The fourth-order valence-corrected chi connectivity index (χ4v) is 4.48. The summed E-state index contributed by atoms with van der Waals surface area (Å²) in [5.74, 6) is -1.23. The highest BCUT2D eigenvalue weighted by Crippen LogP contribution is 2.19. The Morgan fingerprint density at radius 3 is 2.31 bits per heavy atom. The number of nitrogens with one attached hydrogen (secondary N) is 5. The quantitative estimate of drug-likeness (QED) is 0.287. The van der Waals surface area contributed by atoms with E-state index in [4.69, 9.17) is 14.2 Å². The molecular weight excluding hydrogens is 582 g/mol. The molecule has 0 fully saturated rings. The zero-order valence-electron chi connectivity index (χ0n) is 26.3. The van der Waals surface area contributed by atoms with Crippen molar-refractivity contribution in [1.29, 1.82) is 0 Å². The van der Waals surface area contributed by atoms with E-state index in [1.807, 2.05) is 0 Å². The molecule has 1 aliphatic rings. The average Bonchev–Trinajstić information content (AvgIpc) is 3.02. The molecule has 0 radical (unpaired) electrons. The lowest BCUT2D eigenvalue weighted by Gasteiger charge is -2.26. The fraction of sp³-hybridized carbons (Fsp3) is 0.469. The van der Waals surface area contributed by atoms with Crippen molar-refractivity contribution in [2.75, 3.05) is 26.9 Å². The number of fused-ring (bicyclic) bond motifs is 1. The lowest BCUT2D eigenvalue weighted by Crippen LogP contribution is -2.56. The molecule has 2 aromatic carbocycles. The topological polar surface area (TPSA) is 173 Å². The molecule has 0 bridgehead atoms. The first kappa shape index (κ1) is 34.7. The van der Waals surface area contributed by atoms with E-state index in [-0.39, 0.29) is 49.8 Å². The lowest BCUT2D eigenvalue weighted by molar-refractivity contribution is -0.132. The third-order valence-electron chi connectivity index (χ3n) is 7.04. The Labute approximate surface area is 263 Å². The van der Waals surface area contributed by atoms with Gasteiger partial charge in [0.25, 0.3) is 5.91 Å². The Morgan fingerprint density at radius 1 is 0.933 bits per heavy atom. The molecule has 0 saturated carbocycles. The minimum atomic E-state index is -1.08. The van der Waals surface area contributed by atoms with Crippen molar-refractivity contribution in [3.8, 4) is 17.2 Å². The zero-order valence-corrected chi connectivity index (χ0v) is 26.3. The van der Waals surface area contributed by atoms with Gasteiger partial charge in [-0.15, -0.1) is 0 Å². The van der Waals surface area contributed by atoms with Crippen LogP contribution in [0.3, 0.4) is 0 Å². The van der Waals surface area contributed by atoms with E-state index in [0.29, 0.717) is 11.5 Å². The van der Waals surface area contributed by atoms with Crippen molar-refractivity contribution in [3.05, 3.63) is 54.1 Å². The van der Waals surface area contributed by atoms with E-state index < -0.39 is 53.7 Å². The largest absolute Gasteiger partial charge is 0.497 e. The van der Waals surface area contributed by atoms with Crippen molar-refractivity contribution >= 4 is 29.5 Å². The molecule has 244 valence electrons. The predicted octanol–water partition coefficient (Wildman–Crippen LogP) is 1.31. The number of carbonyl (C=O) groups excluding carboxylic acids is 5. The van der Waals surface area contributed by atoms with E-state index in [1.54, 1.807) is 76.4 Å². The van der Waals surface area contributed by atoms with Crippen molar-refractivity contribution in [2.24, 2.45) is 5.92 Å². The number of methoxy groups -OCH3 is 1. The summed E-state index contributed by atoms with van der Waals surface area (Å²) in [6.07, 6.45) is -0.212. The highest BCUT2D eigenvalue weighted by atomic mass is 16.5. The highest BCUT2D eigenvalue weighted by Gasteiger charge is 2.29. The maximum Gasteiger partial charge on any atom is 0.255 e. The van der Waals surface area contributed by atoms with Gasteiger partial charge in [0, 0.05) is 6.42 Å². The smallest absolute Gasteiger partial charge is 0.255 e. The Hall–Kier alpha value is -4.81. The molecule has 3 rings (SSSR count). The van der Waals surface area contributed by atoms with Crippen LogP contribution in [-0.4, -0.2) is 80.6 Å². The number of benzene rings is 2. The number of para-hydroxylation sites is 1. The van der Waals surface area contributed by atoms with Crippen LogP contribution in [0.1, 0.15) is 50.9 Å². The van der Waals surface area contributed by atoms with Crippen LogP contribution in [0.5, 0.6) is 17.2 Å². The monoisotopic (exact) mass is 625 g/mol. The number of hydrogen-bond donors (Lipinski definition) is 5. The maximum atomic E-state index is 13.4. The van der Waals surface area contributed by atoms with Crippen molar-refractivity contribution in [3.63, 3.8) is 0 Å². The van der Waals surface area contributed by atoms with Gasteiger partial charge < -0.3 is 40.8 Å². The summed E-state index contributed by atoms with van der Waals surface area (Å²) in [5, 5.41) is 13.6. The first-order valence-corrected chi connectivity index (χ1v) is 15.0. The molecule has 13 nitrogen and oxygen atoms in total. The van der Waals surface area contributed by atoms with Crippen molar-refractivity contribution in [2.45, 2.75) is 64.7 Å². The first-order chi connectivity index (χ1) is 21.5. The Morgan fingerprint density at radius 2 is 1.62 bits per heavy atom. The molecule has 1 heterocycles. The van der Waals surface area contributed by atoms with Crippen LogP contribution in [0.2, 0.25) is 0 Å². The second-order valence-electron chi connectivity index (χ2n) is 11.1. The fourth-order valence-electron chi connectivity index (χ4n) is 4.48. The van der Waals surface area contributed by atoms with Gasteiger partial charge in [-0.3, -0.25) is 24.0 Å². The van der Waals surface area contributed by atoms with Gasteiger partial charge in [-0.05, 0) is 62.6 Å². The molecule has 4 atom stereocenters. The number of ether oxygens (including phenoxy) is 3. The Kier molecular flexibility index (Phi) is 13.0. The van der Waals surface area contributed by atoms with Crippen LogP contribution in [-0.2, 0) is 19.2 Å². The van der Waals surface area contributed by atoms with Gasteiger partial charge in [-0.2, -0.15) is 0 Å². The van der Waals surface area contributed by atoms with Gasteiger partial charge in [-0.25, -0.2) is 0 Å². The molecular formula is C32H43N5O8. The van der Waals surface area contributed by atoms with Crippen LogP contribution >= 0.6 is 0 Å². The SMILES string of the molecule is COc1ccc(OCCNC(=O)[C@@H]2CCC(=O)N[C@@H](C)C(=O)N[C@H](C(C)C)C(=O)N[C@@H](C)COc3ccccc3C(=O)N2)cc1. The molecule has 5 N–H and O–H groups in total. The molecule has 13 heteroatoms. The highest BCUT2D eigenvalue weighted by molar-refractivity contribution is 6.00. The Balaban J connectivity index is 1.76. The molecule has 2 aromatic rings. The molecule has 45 heavy (non-hydrogen) atoms. The summed E-state index contributed by atoms with van der Waals surface area (Å²) in [6, 6.07) is 10.2. The third-order valence-corrected chi connectivity index (χ3v) is 7.04. The van der Waals surface area contributed by atoms with Crippen LogP contribution in [0.4, 0.5) is 0 Å². The van der Waals surface area contributed by atoms with Crippen molar-refractivity contribution < 1.29 is 38.2 Å². The molecule has 0 saturated heterocycles. The summed E-state index contributed by atoms with van der Waals surface area (Å²) in [4.78, 5) is 65.2. The van der Waals surface area contributed by atoms with Crippen molar-refractivity contribution in [1.82, 2.24) is 26.6 Å². The summed E-state index contributed by atoms with van der Waals surface area (Å²) >= 11 is 0. The predicted molar refractivity (Wildman–Crippen MR) is 166 cm³/mol. The normalized spacial score (nSPS) is 21.8. The number of amides is 5. The Bertz CT molecular complexity index is 1330. The first-order valence-electron chi connectivity index (χ1n) is 15.0. The minimum Gasteiger partial charge on any atom is -0.497 e. The number of carbonyl (C=O) groups is 5. The summed E-state index contributed by atoms with van der Waals surface area (Å²) in [7, 11) is 1.57. The van der Waals surface area contributed by atoms with E-state index in [0.717, 1.165) is 0 Å². The van der Waals surface area contributed by atoms with Gasteiger partial charge in [-0.1, -0.05) is 26.0 Å². The van der Waals surface area contributed by atoms with Gasteiger partial charge in [0.15, 0.2) is 0 Å². The van der Waals surface area contributed by atoms with E-state index in [9.17, 15) is 24.0 Å². The summed E-state index contributed by atoms with van der Waals surface area (Å²) in [6.45, 7) is 7.18. The zero-order chi connectivity index (χ0) is 32.9. The van der Waals surface area contributed by atoms with Gasteiger partial charge in [0.1, 0.15) is 48.6 Å². The molecule has 0 aromatic heterocycles. The second kappa shape index (κ2) is 16.9. The van der Waals surface area contributed by atoms with E-state index in [2.05, 4.69) is 26.6 Å². The number of hydrogen-bond acceptors (Lipinski definition) is 8. The van der Waals surface area contributed by atoms with E-state index >= 15 is 0 Å².